The van der Waals surface area contributed by atoms with Crippen LogP contribution in [0.4, 0.5) is 8.78 Å². The fourth-order valence-corrected chi connectivity index (χ4v) is 2.74. The third-order valence-electron chi connectivity index (χ3n) is 1.36. The number of hydrogen-bond donors (Lipinski definition) is 0. The molecule has 1 aromatic rings. The van der Waals surface area contributed by atoms with Crippen molar-refractivity contribution in [1.29, 1.82) is 0 Å². The second-order valence-corrected chi connectivity index (χ2v) is 4.50. The molecule has 0 saturated carbocycles. The number of halogens is 5. The van der Waals surface area contributed by atoms with Gasteiger partial charge < -0.3 is 0 Å². The Balaban J connectivity index is 3.22. The van der Waals surface area contributed by atoms with E-state index in [1.54, 1.807) is 6.07 Å². The normalized spacial score (nSPS) is 10.9. The summed E-state index contributed by atoms with van der Waals surface area (Å²) in [5.41, 5.74) is 0.233. The highest BCUT2D eigenvalue weighted by molar-refractivity contribution is 14.1. The minimum atomic E-state index is -2.58. The van der Waals surface area contributed by atoms with Crippen LogP contribution in [0.15, 0.2) is 10.5 Å². The van der Waals surface area contributed by atoms with E-state index in [9.17, 15) is 8.78 Å². The molecule has 1 heterocycles. The minimum Gasteiger partial charge on any atom is -0.248 e. The van der Waals surface area contributed by atoms with Crippen molar-refractivity contribution in [1.82, 2.24) is 4.98 Å². The molecule has 1 aromatic heterocycles. The van der Waals surface area contributed by atoms with Gasteiger partial charge in [0.1, 0.15) is 5.69 Å². The van der Waals surface area contributed by atoms with Crippen molar-refractivity contribution >= 4 is 50.1 Å². The van der Waals surface area contributed by atoms with Crippen LogP contribution in [-0.4, -0.2) is 4.98 Å². The summed E-state index contributed by atoms with van der Waals surface area (Å²) in [5, 5.41) is 0. The van der Waals surface area contributed by atoms with E-state index in [1.807, 2.05) is 22.6 Å². The number of alkyl halides is 3. The Labute approximate surface area is 101 Å². The van der Waals surface area contributed by atoms with Gasteiger partial charge in [0.15, 0.2) is 0 Å². The average Bonchev–Trinajstić information content (AvgIpc) is 2.03. The van der Waals surface area contributed by atoms with Gasteiger partial charge in [0.2, 0.25) is 0 Å². The van der Waals surface area contributed by atoms with E-state index < -0.39 is 6.43 Å². The molecule has 0 fully saturated rings. The highest BCUT2D eigenvalue weighted by Crippen LogP contribution is 2.28. The minimum absolute atomic E-state index is 0.144. The molecule has 1 rings (SSSR count). The molecular formula is C7H4BrClF2IN. The first-order chi connectivity index (χ1) is 6.06. The number of pyridine rings is 1. The molecular weight excluding hydrogens is 378 g/mol. The Morgan fingerprint density at radius 3 is 2.69 bits per heavy atom. The van der Waals surface area contributed by atoms with E-state index in [1.165, 1.54) is 0 Å². The van der Waals surface area contributed by atoms with Crippen LogP contribution in [0, 0.1) is 3.57 Å². The molecule has 0 bridgehead atoms. The molecule has 13 heavy (non-hydrogen) atoms. The lowest BCUT2D eigenvalue weighted by Gasteiger charge is -2.06. The topological polar surface area (TPSA) is 12.9 Å². The number of nitrogens with zero attached hydrogens (tertiary/aromatic N) is 1. The summed E-state index contributed by atoms with van der Waals surface area (Å²) >= 11 is 10.6. The van der Waals surface area contributed by atoms with Crippen LogP contribution in [-0.2, 0) is 5.88 Å². The van der Waals surface area contributed by atoms with Crippen molar-refractivity contribution in [3.05, 3.63) is 25.5 Å². The summed E-state index contributed by atoms with van der Waals surface area (Å²) in [6.07, 6.45) is -2.58. The number of hydrogen-bond acceptors (Lipinski definition) is 1. The van der Waals surface area contributed by atoms with E-state index >= 15 is 0 Å². The molecule has 0 aliphatic rings. The summed E-state index contributed by atoms with van der Waals surface area (Å²) in [7, 11) is 0. The first-order valence-corrected chi connectivity index (χ1v) is 5.65. The molecule has 72 valence electrons. The molecule has 0 aliphatic carbocycles. The third kappa shape index (κ3) is 2.73. The third-order valence-corrected chi connectivity index (χ3v) is 3.18. The Kier molecular flexibility index (Phi) is 4.31. The van der Waals surface area contributed by atoms with E-state index in [2.05, 4.69) is 20.9 Å². The lowest BCUT2D eigenvalue weighted by Crippen LogP contribution is -1.98. The van der Waals surface area contributed by atoms with Gasteiger partial charge in [-0.1, -0.05) is 0 Å². The van der Waals surface area contributed by atoms with Crippen molar-refractivity contribution < 1.29 is 8.78 Å². The fourth-order valence-electron chi connectivity index (χ4n) is 0.767. The molecule has 0 unspecified atom stereocenters. The summed E-state index contributed by atoms with van der Waals surface area (Å²) in [6, 6.07) is 1.59. The lowest BCUT2D eigenvalue weighted by atomic mass is 10.3. The maximum absolute atomic E-state index is 12.3. The quantitative estimate of drug-likeness (QED) is 0.554. The Hall–Kier alpha value is 0.510. The molecule has 0 aromatic carbocycles. The van der Waals surface area contributed by atoms with E-state index in [4.69, 9.17) is 11.6 Å². The Morgan fingerprint density at radius 1 is 1.62 bits per heavy atom. The average molecular weight is 382 g/mol. The van der Waals surface area contributed by atoms with Crippen molar-refractivity contribution in [3.8, 4) is 0 Å². The number of rotatable bonds is 2. The van der Waals surface area contributed by atoms with Crippen LogP contribution in [0.3, 0.4) is 0 Å². The van der Waals surface area contributed by atoms with E-state index in [-0.39, 0.29) is 11.6 Å². The Morgan fingerprint density at radius 2 is 2.23 bits per heavy atom. The molecule has 0 spiro atoms. The zero-order valence-corrected chi connectivity index (χ0v) is 10.7. The zero-order valence-electron chi connectivity index (χ0n) is 6.20. The van der Waals surface area contributed by atoms with E-state index in [0.717, 1.165) is 3.57 Å². The van der Waals surface area contributed by atoms with Gasteiger partial charge in [-0.2, -0.15) is 0 Å². The van der Waals surface area contributed by atoms with Crippen LogP contribution < -0.4 is 0 Å². The molecule has 0 amide bonds. The van der Waals surface area contributed by atoms with Crippen molar-refractivity contribution in [2.45, 2.75) is 12.3 Å². The van der Waals surface area contributed by atoms with Gasteiger partial charge in [-0.05, 0) is 44.6 Å². The predicted octanol–water partition coefficient (Wildman–Crippen LogP) is 4.13. The molecule has 0 N–H and O–H groups in total. The first-order valence-electron chi connectivity index (χ1n) is 3.25. The SMILES string of the molecule is FC(F)c1nc(CCl)c(I)cc1Br. The van der Waals surface area contributed by atoms with Gasteiger partial charge in [0.05, 0.1) is 11.6 Å². The van der Waals surface area contributed by atoms with Crippen LogP contribution in [0.2, 0.25) is 0 Å². The lowest BCUT2D eigenvalue weighted by molar-refractivity contribution is 0.145. The smallest absolute Gasteiger partial charge is 0.248 e. The van der Waals surface area contributed by atoms with Gasteiger partial charge in [0, 0.05) is 8.04 Å². The van der Waals surface area contributed by atoms with Gasteiger partial charge in [0.25, 0.3) is 6.43 Å². The zero-order chi connectivity index (χ0) is 10.0. The van der Waals surface area contributed by atoms with Crippen LogP contribution >= 0.6 is 50.1 Å². The molecule has 0 atom stereocenters. The highest BCUT2D eigenvalue weighted by Gasteiger charge is 2.15. The summed E-state index contributed by atoms with van der Waals surface area (Å²) in [6.45, 7) is 0. The van der Waals surface area contributed by atoms with Gasteiger partial charge in [-0.25, -0.2) is 13.8 Å². The maximum atomic E-state index is 12.3. The van der Waals surface area contributed by atoms with E-state index in [0.29, 0.717) is 10.2 Å². The molecule has 1 nitrogen and oxygen atoms in total. The summed E-state index contributed by atoms with van der Waals surface area (Å²) in [4.78, 5) is 3.75. The molecule has 0 aliphatic heterocycles. The largest absolute Gasteiger partial charge is 0.281 e. The summed E-state index contributed by atoms with van der Waals surface area (Å²) < 4.78 is 25.8. The van der Waals surface area contributed by atoms with Crippen LogP contribution in [0.1, 0.15) is 17.8 Å². The summed E-state index contributed by atoms with van der Waals surface area (Å²) in [5.74, 6) is 0.144. The van der Waals surface area contributed by atoms with Crippen molar-refractivity contribution in [2.24, 2.45) is 0 Å². The maximum Gasteiger partial charge on any atom is 0.281 e. The monoisotopic (exact) mass is 381 g/mol. The van der Waals surface area contributed by atoms with Gasteiger partial charge >= 0.3 is 0 Å². The highest BCUT2D eigenvalue weighted by atomic mass is 127. The van der Waals surface area contributed by atoms with Gasteiger partial charge in [-0.3, -0.25) is 0 Å². The van der Waals surface area contributed by atoms with Gasteiger partial charge in [-0.15, -0.1) is 11.6 Å². The Bertz CT molecular complexity index is 322. The second-order valence-electron chi connectivity index (χ2n) is 2.22. The van der Waals surface area contributed by atoms with Crippen LogP contribution in [0.25, 0.3) is 0 Å². The molecule has 6 heteroatoms. The predicted molar refractivity (Wildman–Crippen MR) is 59.2 cm³/mol. The molecule has 0 saturated heterocycles. The fraction of sp³-hybridized carbons (Fsp3) is 0.286. The standard InChI is InChI=1S/C7H4BrClF2IN/c8-3-1-4(12)5(2-9)13-6(3)7(10)11/h1,7H,2H2. The van der Waals surface area contributed by atoms with Crippen molar-refractivity contribution in [3.63, 3.8) is 0 Å². The van der Waals surface area contributed by atoms with Crippen molar-refractivity contribution in [2.75, 3.05) is 0 Å². The molecule has 0 radical (unpaired) electrons. The number of aromatic nitrogens is 1. The van der Waals surface area contributed by atoms with Crippen LogP contribution in [0.5, 0.6) is 0 Å². The first kappa shape index (κ1) is 11.6. The second kappa shape index (κ2) is 4.84.